The summed E-state index contributed by atoms with van der Waals surface area (Å²) in [7, 11) is 0. The highest BCUT2D eigenvalue weighted by Crippen LogP contribution is 2.43. The van der Waals surface area contributed by atoms with Crippen LogP contribution in [0.4, 0.5) is 14.5 Å². The number of amides is 3. The Morgan fingerprint density at radius 1 is 0.729 bits per heavy atom. The first-order valence-electron chi connectivity index (χ1n) is 16.4. The molecule has 2 aliphatic heterocycles. The van der Waals surface area contributed by atoms with Gasteiger partial charge in [0, 0.05) is 32.9 Å². The first kappa shape index (κ1) is 33.9. The normalized spacial score (nSPS) is 19.4. The molecule has 0 radical (unpaired) electrons. The van der Waals surface area contributed by atoms with Gasteiger partial charge in [0.1, 0.15) is 18.2 Å². The van der Waals surface area contributed by atoms with Gasteiger partial charge in [-0.15, -0.1) is 0 Å². The van der Waals surface area contributed by atoms with Crippen molar-refractivity contribution in [3.8, 4) is 0 Å². The molecule has 2 saturated carbocycles. The SMILES string of the molecule is O=C(CN1C(=O)C(c2ccc(Cl)cc2)=CC12CCCCC2)Nc1cc(F)cc(F)c1.O=C1NC2(C=C1c1ccc(Cl)cc1)CCCCC2. The van der Waals surface area contributed by atoms with Gasteiger partial charge in [-0.05, 0) is 85.4 Å². The number of carbonyl (C=O) groups excluding carboxylic acids is 3. The Bertz CT molecular complexity index is 1740. The quantitative estimate of drug-likeness (QED) is 0.281. The first-order chi connectivity index (χ1) is 23.0. The molecule has 10 heteroatoms. The highest BCUT2D eigenvalue weighted by atomic mass is 35.5. The third-order valence-corrected chi connectivity index (χ3v) is 10.2. The van der Waals surface area contributed by atoms with Crippen molar-refractivity contribution < 1.29 is 23.2 Å². The van der Waals surface area contributed by atoms with Crippen LogP contribution in [-0.2, 0) is 14.4 Å². The van der Waals surface area contributed by atoms with Crippen LogP contribution in [0.2, 0.25) is 10.0 Å². The first-order valence-corrected chi connectivity index (χ1v) is 17.2. The molecule has 3 aromatic rings. The van der Waals surface area contributed by atoms with Crippen molar-refractivity contribution in [3.05, 3.63) is 112 Å². The highest BCUT2D eigenvalue weighted by Gasteiger charge is 2.46. The molecule has 48 heavy (non-hydrogen) atoms. The number of hydrogen-bond acceptors (Lipinski definition) is 3. The molecule has 2 aliphatic carbocycles. The van der Waals surface area contributed by atoms with E-state index in [9.17, 15) is 23.2 Å². The molecule has 0 atom stereocenters. The van der Waals surface area contributed by atoms with Crippen LogP contribution < -0.4 is 10.6 Å². The summed E-state index contributed by atoms with van der Waals surface area (Å²) in [6.07, 6.45) is 14.5. The standard InChI is InChI=1S/C23H21ClF2N2O2.C15H16ClNO/c24-16-6-4-15(5-7-16)20-13-23(8-2-1-3-9-23)28(22(20)30)14-21(29)27-19-11-17(25)10-18(26)12-19;16-12-6-4-11(5-7-12)13-10-15(17-14(13)18)8-2-1-3-9-15/h4-7,10-13H,1-3,8-9,14H2,(H,27,29);4-7,10H,1-3,8-9H2,(H,17,18). The molecule has 2 N–H and O–H groups in total. The Hall–Kier alpha value is -4.01. The topological polar surface area (TPSA) is 78.5 Å². The number of nitrogens with zero attached hydrogens (tertiary/aromatic N) is 1. The number of benzene rings is 3. The molecule has 6 nitrogen and oxygen atoms in total. The minimum absolute atomic E-state index is 0.0210. The second kappa shape index (κ2) is 14.2. The number of carbonyl (C=O) groups is 3. The van der Waals surface area contributed by atoms with Gasteiger partial charge < -0.3 is 15.5 Å². The van der Waals surface area contributed by atoms with E-state index >= 15 is 0 Å². The van der Waals surface area contributed by atoms with Crippen LogP contribution in [0, 0.1) is 11.6 Å². The maximum atomic E-state index is 13.4. The van der Waals surface area contributed by atoms with Gasteiger partial charge in [-0.2, -0.15) is 0 Å². The van der Waals surface area contributed by atoms with Gasteiger partial charge in [-0.3, -0.25) is 14.4 Å². The molecule has 0 aromatic heterocycles. The van der Waals surface area contributed by atoms with Crippen LogP contribution in [-0.4, -0.2) is 40.2 Å². The lowest BCUT2D eigenvalue weighted by molar-refractivity contribution is -0.133. The van der Waals surface area contributed by atoms with Crippen molar-refractivity contribution in [2.24, 2.45) is 0 Å². The lowest BCUT2D eigenvalue weighted by Gasteiger charge is -2.40. The van der Waals surface area contributed by atoms with E-state index in [4.69, 9.17) is 23.2 Å². The summed E-state index contributed by atoms with van der Waals surface area (Å²) in [4.78, 5) is 39.7. The zero-order valence-electron chi connectivity index (χ0n) is 26.5. The van der Waals surface area contributed by atoms with Gasteiger partial charge in [0.05, 0.1) is 11.1 Å². The molecular formula is C38H37Cl2F2N3O3. The fourth-order valence-corrected chi connectivity index (χ4v) is 7.59. The fourth-order valence-electron chi connectivity index (χ4n) is 7.34. The zero-order valence-corrected chi connectivity index (χ0v) is 28.0. The van der Waals surface area contributed by atoms with Crippen LogP contribution in [0.3, 0.4) is 0 Å². The minimum atomic E-state index is -0.780. The highest BCUT2D eigenvalue weighted by molar-refractivity contribution is 6.31. The summed E-state index contributed by atoms with van der Waals surface area (Å²) in [6.45, 7) is -0.190. The molecular weight excluding hydrogens is 655 g/mol. The van der Waals surface area contributed by atoms with Crippen LogP contribution in [0.1, 0.15) is 75.3 Å². The van der Waals surface area contributed by atoms with Crippen molar-refractivity contribution in [2.45, 2.75) is 75.3 Å². The van der Waals surface area contributed by atoms with Gasteiger partial charge in [0.2, 0.25) is 5.91 Å². The van der Waals surface area contributed by atoms with E-state index in [1.807, 2.05) is 30.3 Å². The Morgan fingerprint density at radius 2 is 1.25 bits per heavy atom. The van der Waals surface area contributed by atoms with E-state index in [1.165, 1.54) is 19.3 Å². The minimum Gasteiger partial charge on any atom is -0.343 e. The van der Waals surface area contributed by atoms with Gasteiger partial charge in [-0.1, -0.05) is 86.0 Å². The number of anilines is 1. The van der Waals surface area contributed by atoms with E-state index in [0.717, 1.165) is 79.8 Å². The van der Waals surface area contributed by atoms with Gasteiger partial charge in [0.25, 0.3) is 11.8 Å². The second-order valence-electron chi connectivity index (χ2n) is 13.1. The van der Waals surface area contributed by atoms with Gasteiger partial charge >= 0.3 is 0 Å². The molecule has 2 fully saturated rings. The lowest BCUT2D eigenvalue weighted by atomic mass is 9.81. The molecule has 0 saturated heterocycles. The molecule has 250 valence electrons. The largest absolute Gasteiger partial charge is 0.343 e. The molecule has 2 heterocycles. The Kier molecular flexibility index (Phi) is 10.0. The van der Waals surface area contributed by atoms with E-state index in [0.29, 0.717) is 15.6 Å². The average molecular weight is 693 g/mol. The Labute approximate surface area is 289 Å². The molecule has 4 aliphatic rings. The Balaban J connectivity index is 0.000000189. The average Bonchev–Trinajstić information content (AvgIpc) is 3.50. The van der Waals surface area contributed by atoms with E-state index in [2.05, 4.69) is 16.7 Å². The van der Waals surface area contributed by atoms with Crippen LogP contribution in [0.25, 0.3) is 11.1 Å². The van der Waals surface area contributed by atoms with Crippen LogP contribution in [0.5, 0.6) is 0 Å². The summed E-state index contributed by atoms with van der Waals surface area (Å²) < 4.78 is 26.8. The smallest absolute Gasteiger partial charge is 0.255 e. The van der Waals surface area contributed by atoms with Crippen molar-refractivity contribution in [1.29, 1.82) is 0 Å². The van der Waals surface area contributed by atoms with Crippen LogP contribution in [0.15, 0.2) is 78.9 Å². The third kappa shape index (κ3) is 7.50. The molecule has 3 aromatic carbocycles. The van der Waals surface area contributed by atoms with Crippen molar-refractivity contribution in [3.63, 3.8) is 0 Å². The lowest BCUT2D eigenvalue weighted by Crippen LogP contribution is -2.50. The predicted octanol–water partition coefficient (Wildman–Crippen LogP) is 8.74. The van der Waals surface area contributed by atoms with Gasteiger partial charge in [-0.25, -0.2) is 8.78 Å². The molecule has 3 amide bonds. The van der Waals surface area contributed by atoms with Crippen LogP contribution >= 0.6 is 23.2 Å². The fraction of sp³-hybridized carbons (Fsp3) is 0.342. The summed E-state index contributed by atoms with van der Waals surface area (Å²) in [5.41, 5.74) is 2.49. The summed E-state index contributed by atoms with van der Waals surface area (Å²) >= 11 is 11.8. The molecule has 0 unspecified atom stereocenters. The summed E-state index contributed by atoms with van der Waals surface area (Å²) in [5.74, 6) is -2.22. The number of rotatable bonds is 5. The molecule has 0 bridgehead atoms. The summed E-state index contributed by atoms with van der Waals surface area (Å²) in [5, 5.41) is 6.95. The van der Waals surface area contributed by atoms with Crippen molar-refractivity contribution >= 4 is 57.8 Å². The maximum Gasteiger partial charge on any atom is 0.255 e. The van der Waals surface area contributed by atoms with Gasteiger partial charge in [0.15, 0.2) is 0 Å². The third-order valence-electron chi connectivity index (χ3n) is 9.68. The van der Waals surface area contributed by atoms with E-state index in [1.54, 1.807) is 29.2 Å². The van der Waals surface area contributed by atoms with E-state index < -0.39 is 23.1 Å². The number of nitrogens with one attached hydrogen (secondary N) is 2. The number of hydrogen-bond donors (Lipinski definition) is 2. The summed E-state index contributed by atoms with van der Waals surface area (Å²) in [6, 6.07) is 17.3. The Morgan fingerprint density at radius 3 is 1.81 bits per heavy atom. The van der Waals surface area contributed by atoms with Crippen molar-refractivity contribution in [1.82, 2.24) is 10.2 Å². The van der Waals surface area contributed by atoms with Crippen molar-refractivity contribution in [2.75, 3.05) is 11.9 Å². The predicted molar refractivity (Wildman–Crippen MR) is 185 cm³/mol. The number of halogens is 4. The second-order valence-corrected chi connectivity index (χ2v) is 13.9. The molecule has 2 spiro atoms. The van der Waals surface area contributed by atoms with E-state index in [-0.39, 0.29) is 29.6 Å². The maximum absolute atomic E-state index is 13.4. The molecule has 7 rings (SSSR count). The zero-order chi connectivity index (χ0) is 33.9. The monoisotopic (exact) mass is 691 g/mol.